The first kappa shape index (κ1) is 19.0. The number of hydrogen-bond acceptors (Lipinski definition) is 2. The lowest BCUT2D eigenvalue weighted by Gasteiger charge is -2.12. The van der Waals surface area contributed by atoms with E-state index < -0.39 is 0 Å². The van der Waals surface area contributed by atoms with Crippen molar-refractivity contribution in [1.29, 1.82) is 0 Å². The second kappa shape index (κ2) is 8.67. The van der Waals surface area contributed by atoms with E-state index >= 15 is 0 Å². The van der Waals surface area contributed by atoms with Crippen molar-refractivity contribution in [1.82, 2.24) is 5.32 Å². The van der Waals surface area contributed by atoms with Gasteiger partial charge >= 0.3 is 0 Å². The lowest BCUT2D eigenvalue weighted by Crippen LogP contribution is -2.30. The molecule has 0 spiro atoms. The standard InChI is InChI=1S/C20H23ClN2O2/c1-13(2)22-20(25)16-8-9-17(21)18(12-16)23-19(24)10-7-15-6-4-5-14(3)11-15/h4-6,8-9,11-13H,7,10H2,1-3H3,(H,22,25)(H,23,24). The van der Waals surface area contributed by atoms with Crippen molar-refractivity contribution in [2.24, 2.45) is 0 Å². The molecule has 132 valence electrons. The molecule has 0 radical (unpaired) electrons. The lowest BCUT2D eigenvalue weighted by atomic mass is 10.1. The number of rotatable bonds is 6. The van der Waals surface area contributed by atoms with Gasteiger partial charge in [0.25, 0.3) is 5.91 Å². The molecular formula is C20H23ClN2O2. The number of benzene rings is 2. The van der Waals surface area contributed by atoms with Crippen LogP contribution < -0.4 is 10.6 Å². The van der Waals surface area contributed by atoms with Gasteiger partial charge in [-0.3, -0.25) is 9.59 Å². The van der Waals surface area contributed by atoms with Crippen LogP contribution in [0.1, 0.15) is 41.8 Å². The summed E-state index contributed by atoms with van der Waals surface area (Å²) in [7, 11) is 0. The van der Waals surface area contributed by atoms with E-state index in [1.54, 1.807) is 18.2 Å². The van der Waals surface area contributed by atoms with E-state index in [-0.39, 0.29) is 17.9 Å². The van der Waals surface area contributed by atoms with E-state index in [1.807, 2.05) is 39.0 Å². The highest BCUT2D eigenvalue weighted by atomic mass is 35.5. The number of halogens is 1. The van der Waals surface area contributed by atoms with E-state index in [9.17, 15) is 9.59 Å². The third-order valence-corrected chi connectivity index (χ3v) is 3.98. The fourth-order valence-corrected chi connectivity index (χ4v) is 2.61. The molecule has 0 aliphatic heterocycles. The van der Waals surface area contributed by atoms with Gasteiger partial charge in [-0.1, -0.05) is 41.4 Å². The van der Waals surface area contributed by atoms with Crippen LogP contribution in [0.4, 0.5) is 5.69 Å². The summed E-state index contributed by atoms with van der Waals surface area (Å²) in [5.41, 5.74) is 3.20. The Balaban J connectivity index is 2.01. The SMILES string of the molecule is Cc1cccc(CCC(=O)Nc2cc(C(=O)NC(C)C)ccc2Cl)c1. The van der Waals surface area contributed by atoms with Gasteiger partial charge in [-0.15, -0.1) is 0 Å². The smallest absolute Gasteiger partial charge is 0.251 e. The van der Waals surface area contributed by atoms with Crippen molar-refractivity contribution in [2.45, 2.75) is 39.7 Å². The molecule has 0 unspecified atom stereocenters. The molecule has 2 aromatic rings. The first-order valence-electron chi connectivity index (χ1n) is 8.31. The van der Waals surface area contributed by atoms with Crippen molar-refractivity contribution in [3.8, 4) is 0 Å². The number of anilines is 1. The Hall–Kier alpha value is -2.33. The summed E-state index contributed by atoms with van der Waals surface area (Å²) in [6, 6.07) is 13.0. The van der Waals surface area contributed by atoms with E-state index in [2.05, 4.69) is 16.7 Å². The molecule has 25 heavy (non-hydrogen) atoms. The van der Waals surface area contributed by atoms with Gasteiger partial charge in [0.1, 0.15) is 0 Å². The lowest BCUT2D eigenvalue weighted by molar-refractivity contribution is -0.116. The number of hydrogen-bond donors (Lipinski definition) is 2. The van der Waals surface area contributed by atoms with Gasteiger partial charge in [0.15, 0.2) is 0 Å². The minimum atomic E-state index is -0.193. The molecule has 2 aromatic carbocycles. The molecule has 0 saturated heterocycles. The van der Waals surface area contributed by atoms with Crippen LogP contribution in [0.2, 0.25) is 5.02 Å². The quantitative estimate of drug-likeness (QED) is 0.806. The minimum Gasteiger partial charge on any atom is -0.350 e. The predicted octanol–water partition coefficient (Wildman–Crippen LogP) is 4.36. The summed E-state index contributed by atoms with van der Waals surface area (Å²) in [6.45, 7) is 5.81. The van der Waals surface area contributed by atoms with Crippen molar-refractivity contribution < 1.29 is 9.59 Å². The van der Waals surface area contributed by atoms with Crippen LogP contribution in [0.15, 0.2) is 42.5 Å². The molecule has 4 nitrogen and oxygen atoms in total. The van der Waals surface area contributed by atoms with E-state index in [0.717, 1.165) is 5.56 Å². The van der Waals surface area contributed by atoms with Crippen LogP contribution in [0.25, 0.3) is 0 Å². The summed E-state index contributed by atoms with van der Waals surface area (Å²) in [6.07, 6.45) is 1.00. The van der Waals surface area contributed by atoms with Crippen molar-refractivity contribution in [3.05, 3.63) is 64.2 Å². The van der Waals surface area contributed by atoms with Gasteiger partial charge in [-0.25, -0.2) is 0 Å². The fraction of sp³-hybridized carbons (Fsp3) is 0.300. The number of carbonyl (C=O) groups excluding carboxylic acids is 2. The summed E-state index contributed by atoms with van der Waals surface area (Å²) >= 11 is 6.14. The summed E-state index contributed by atoms with van der Waals surface area (Å²) in [5, 5.41) is 6.02. The van der Waals surface area contributed by atoms with E-state index in [1.165, 1.54) is 5.56 Å². The summed E-state index contributed by atoms with van der Waals surface area (Å²) in [4.78, 5) is 24.3. The normalized spacial score (nSPS) is 10.6. The average Bonchev–Trinajstić information content (AvgIpc) is 2.54. The second-order valence-corrected chi connectivity index (χ2v) is 6.77. The zero-order valence-corrected chi connectivity index (χ0v) is 15.5. The molecule has 0 aliphatic carbocycles. The summed E-state index contributed by atoms with van der Waals surface area (Å²) < 4.78 is 0. The topological polar surface area (TPSA) is 58.2 Å². The predicted molar refractivity (Wildman–Crippen MR) is 102 cm³/mol. The van der Waals surface area contributed by atoms with Crippen LogP contribution in [0.5, 0.6) is 0 Å². The molecule has 0 fully saturated rings. The average molecular weight is 359 g/mol. The van der Waals surface area contributed by atoms with Crippen LogP contribution in [0, 0.1) is 6.92 Å². The number of carbonyl (C=O) groups is 2. The van der Waals surface area contributed by atoms with E-state index in [4.69, 9.17) is 11.6 Å². The maximum Gasteiger partial charge on any atom is 0.251 e. The Bertz CT molecular complexity index is 772. The highest BCUT2D eigenvalue weighted by Crippen LogP contribution is 2.23. The fourth-order valence-electron chi connectivity index (χ4n) is 2.45. The van der Waals surface area contributed by atoms with Gasteiger partial charge in [0.05, 0.1) is 10.7 Å². The first-order chi connectivity index (χ1) is 11.8. The molecule has 0 heterocycles. The molecule has 0 bridgehead atoms. The molecule has 5 heteroatoms. The van der Waals surface area contributed by atoms with Gasteiger partial charge < -0.3 is 10.6 Å². The zero-order valence-electron chi connectivity index (χ0n) is 14.7. The van der Waals surface area contributed by atoms with Gasteiger partial charge in [-0.2, -0.15) is 0 Å². The van der Waals surface area contributed by atoms with Gasteiger partial charge in [0.2, 0.25) is 5.91 Å². The van der Waals surface area contributed by atoms with Crippen molar-refractivity contribution >= 4 is 29.1 Å². The molecule has 0 aliphatic rings. The molecule has 0 atom stereocenters. The maximum atomic E-state index is 12.2. The molecule has 2 amide bonds. The van der Waals surface area contributed by atoms with Crippen LogP contribution in [-0.2, 0) is 11.2 Å². The Morgan fingerprint density at radius 2 is 1.88 bits per heavy atom. The molecular weight excluding hydrogens is 336 g/mol. The van der Waals surface area contributed by atoms with Crippen molar-refractivity contribution in [3.63, 3.8) is 0 Å². The number of aryl methyl sites for hydroxylation is 2. The largest absolute Gasteiger partial charge is 0.350 e. The third kappa shape index (κ3) is 5.91. The third-order valence-electron chi connectivity index (χ3n) is 3.65. The highest BCUT2D eigenvalue weighted by Gasteiger charge is 2.12. The molecule has 2 rings (SSSR count). The van der Waals surface area contributed by atoms with E-state index in [0.29, 0.717) is 29.1 Å². The zero-order chi connectivity index (χ0) is 18.4. The van der Waals surface area contributed by atoms with Crippen LogP contribution >= 0.6 is 11.6 Å². The van der Waals surface area contributed by atoms with Crippen LogP contribution in [0.3, 0.4) is 0 Å². The minimum absolute atomic E-state index is 0.0375. The Morgan fingerprint density at radius 3 is 2.56 bits per heavy atom. The Labute approximate surface area is 153 Å². The van der Waals surface area contributed by atoms with Gasteiger partial charge in [-0.05, 0) is 51.0 Å². The monoisotopic (exact) mass is 358 g/mol. The van der Waals surface area contributed by atoms with Crippen molar-refractivity contribution in [2.75, 3.05) is 5.32 Å². The maximum absolute atomic E-state index is 12.2. The van der Waals surface area contributed by atoms with Gasteiger partial charge in [0, 0.05) is 18.0 Å². The number of amides is 2. The van der Waals surface area contributed by atoms with Crippen LogP contribution in [-0.4, -0.2) is 17.9 Å². The Morgan fingerprint density at radius 1 is 1.12 bits per heavy atom. The molecule has 0 saturated carbocycles. The molecule has 2 N–H and O–H groups in total. The molecule has 0 aromatic heterocycles. The first-order valence-corrected chi connectivity index (χ1v) is 8.69. The highest BCUT2D eigenvalue weighted by molar-refractivity contribution is 6.33. The second-order valence-electron chi connectivity index (χ2n) is 6.36. The summed E-state index contributed by atoms with van der Waals surface area (Å²) in [5.74, 6) is -0.327. The Kier molecular flexibility index (Phi) is 6.59. The number of nitrogens with one attached hydrogen (secondary N) is 2.